The topological polar surface area (TPSA) is 81.0 Å². The van der Waals surface area contributed by atoms with Crippen molar-refractivity contribution in [3.8, 4) is 0 Å². The van der Waals surface area contributed by atoms with Gasteiger partial charge in [-0.25, -0.2) is 14.6 Å². The Morgan fingerprint density at radius 2 is 2.08 bits per heavy atom. The second-order valence-electron chi connectivity index (χ2n) is 6.21. The van der Waals surface area contributed by atoms with Gasteiger partial charge in [0.2, 0.25) is 5.95 Å². The number of alkyl halides is 3. The number of methoxy groups -OCH3 is 1. The van der Waals surface area contributed by atoms with E-state index in [1.807, 2.05) is 0 Å². The maximum Gasteiger partial charge on any atom is 0.433 e. The van der Waals surface area contributed by atoms with Crippen LogP contribution in [0.2, 0.25) is 0 Å². The lowest BCUT2D eigenvalue weighted by molar-refractivity contribution is -0.141. The van der Waals surface area contributed by atoms with Crippen molar-refractivity contribution in [1.82, 2.24) is 24.7 Å². The second kappa shape index (κ2) is 7.06. The molecule has 11 heteroatoms. The number of nitrogens with one attached hydrogen (secondary N) is 1. The van der Waals surface area contributed by atoms with Crippen LogP contribution in [0.1, 0.15) is 36.2 Å². The van der Waals surface area contributed by atoms with Crippen LogP contribution >= 0.6 is 0 Å². The van der Waals surface area contributed by atoms with Crippen molar-refractivity contribution < 1.29 is 17.9 Å². The zero-order valence-corrected chi connectivity index (χ0v) is 14.7. The minimum absolute atomic E-state index is 0.0849. The smallest absolute Gasteiger partial charge is 0.377 e. The molecule has 0 saturated heterocycles. The molecule has 2 aromatic heterocycles. The molecule has 1 unspecified atom stereocenters. The highest BCUT2D eigenvalue weighted by Gasteiger charge is 2.34. The predicted molar refractivity (Wildman–Crippen MR) is 87.7 cm³/mol. The summed E-state index contributed by atoms with van der Waals surface area (Å²) in [4.78, 5) is 13.7. The van der Waals surface area contributed by atoms with Crippen LogP contribution in [0.4, 0.5) is 24.9 Å². The molecule has 0 amide bonds. The predicted octanol–water partition coefficient (Wildman–Crippen LogP) is 2.25. The lowest BCUT2D eigenvalue weighted by Crippen LogP contribution is -2.24. The molecule has 0 spiro atoms. The number of nitrogens with zero attached hydrogens (tertiary/aromatic N) is 6. The van der Waals surface area contributed by atoms with Crippen LogP contribution < -0.4 is 10.2 Å². The van der Waals surface area contributed by atoms with Crippen LogP contribution in [0.5, 0.6) is 0 Å². The Morgan fingerprint density at radius 3 is 2.73 bits per heavy atom. The monoisotopic (exact) mass is 371 g/mol. The van der Waals surface area contributed by atoms with Crippen LogP contribution in [0, 0.1) is 0 Å². The molecule has 3 rings (SSSR count). The normalized spacial score (nSPS) is 17.1. The first-order valence-electron chi connectivity index (χ1n) is 8.10. The molecule has 0 fully saturated rings. The lowest BCUT2D eigenvalue weighted by atomic mass is 10.1. The number of fused-ring (bicyclic) bond motifs is 1. The number of hydrogen-bond acceptors (Lipinski definition) is 7. The summed E-state index contributed by atoms with van der Waals surface area (Å²) in [6.07, 6.45) is -3.04. The molecule has 1 aliphatic rings. The average Bonchev–Trinajstić information content (AvgIpc) is 2.98. The fourth-order valence-electron chi connectivity index (χ4n) is 2.76. The average molecular weight is 371 g/mol. The molecule has 0 bridgehead atoms. The van der Waals surface area contributed by atoms with E-state index < -0.39 is 11.9 Å². The number of halogens is 3. The Bertz CT molecular complexity index is 775. The van der Waals surface area contributed by atoms with E-state index in [1.54, 1.807) is 25.9 Å². The van der Waals surface area contributed by atoms with E-state index >= 15 is 0 Å². The molecule has 0 aliphatic carbocycles. The maximum atomic E-state index is 13.1. The lowest BCUT2D eigenvalue weighted by Gasteiger charge is -2.24. The Balaban J connectivity index is 1.91. The van der Waals surface area contributed by atoms with Crippen molar-refractivity contribution in [2.75, 3.05) is 31.4 Å². The van der Waals surface area contributed by atoms with Gasteiger partial charge in [-0.05, 0) is 12.8 Å². The molecule has 26 heavy (non-hydrogen) atoms. The molecule has 8 nitrogen and oxygen atoms in total. The summed E-state index contributed by atoms with van der Waals surface area (Å²) in [5.41, 5.74) is -0.990. The first kappa shape index (κ1) is 18.4. The second-order valence-corrected chi connectivity index (χ2v) is 6.21. The molecule has 1 N–H and O–H groups in total. The van der Waals surface area contributed by atoms with Crippen LogP contribution in [-0.2, 0) is 24.1 Å². The highest BCUT2D eigenvalue weighted by Crippen LogP contribution is 2.32. The summed E-state index contributed by atoms with van der Waals surface area (Å²) in [6, 6.07) is 0.603. The summed E-state index contributed by atoms with van der Waals surface area (Å²) in [5.74, 6) is 1.27. The van der Waals surface area contributed by atoms with Gasteiger partial charge in [0.05, 0.1) is 6.04 Å². The highest BCUT2D eigenvalue weighted by atomic mass is 19.4. The fraction of sp³-hybridized carbons (Fsp3) is 0.600. The third kappa shape index (κ3) is 3.87. The number of aromatic nitrogens is 5. The van der Waals surface area contributed by atoms with Crippen molar-refractivity contribution in [3.05, 3.63) is 23.4 Å². The molecule has 142 valence electrons. The van der Waals surface area contributed by atoms with Gasteiger partial charge in [0.15, 0.2) is 11.5 Å². The summed E-state index contributed by atoms with van der Waals surface area (Å²) < 4.78 is 46.2. The van der Waals surface area contributed by atoms with E-state index in [2.05, 4.69) is 25.4 Å². The van der Waals surface area contributed by atoms with Gasteiger partial charge in [0.25, 0.3) is 0 Å². The zero-order chi connectivity index (χ0) is 18.9. The van der Waals surface area contributed by atoms with Crippen LogP contribution in [0.25, 0.3) is 0 Å². The van der Waals surface area contributed by atoms with Gasteiger partial charge in [-0.1, -0.05) is 0 Å². The number of hydrogen-bond donors (Lipinski definition) is 1. The summed E-state index contributed by atoms with van der Waals surface area (Å²) in [6.45, 7) is 0.980. The molecule has 1 atom stereocenters. The molecule has 0 aromatic carbocycles. The van der Waals surface area contributed by atoms with Crippen LogP contribution in [0.15, 0.2) is 6.07 Å². The number of ether oxygens (including phenoxy) is 1. The number of rotatable bonds is 5. The SMILES string of the molecule is COCc1nc2n(n1)CCCC2Nc1nc(N(C)C)cc(C(F)(F)F)n1. The van der Waals surface area contributed by atoms with E-state index in [-0.39, 0.29) is 24.4 Å². The Hall–Kier alpha value is -2.43. The van der Waals surface area contributed by atoms with Gasteiger partial charge in [-0.15, -0.1) is 0 Å². The summed E-state index contributed by atoms with van der Waals surface area (Å²) >= 11 is 0. The first-order valence-corrected chi connectivity index (χ1v) is 8.10. The van der Waals surface area contributed by atoms with E-state index in [9.17, 15) is 13.2 Å². The molecule has 1 aliphatic heterocycles. The van der Waals surface area contributed by atoms with E-state index in [1.165, 1.54) is 4.90 Å². The van der Waals surface area contributed by atoms with Gasteiger partial charge in [-0.2, -0.15) is 23.3 Å². The van der Waals surface area contributed by atoms with Crippen LogP contribution in [-0.4, -0.2) is 45.9 Å². The zero-order valence-electron chi connectivity index (χ0n) is 14.7. The number of aryl methyl sites for hydroxylation is 1. The van der Waals surface area contributed by atoms with Gasteiger partial charge in [0, 0.05) is 33.8 Å². The molecular weight excluding hydrogens is 351 g/mol. The van der Waals surface area contributed by atoms with Crippen molar-refractivity contribution in [1.29, 1.82) is 0 Å². The van der Waals surface area contributed by atoms with Crippen molar-refractivity contribution in [3.63, 3.8) is 0 Å². The Kier molecular flexibility index (Phi) is 4.99. The third-order valence-electron chi connectivity index (χ3n) is 3.96. The number of anilines is 2. The highest BCUT2D eigenvalue weighted by molar-refractivity contribution is 5.45. The van der Waals surface area contributed by atoms with E-state index in [0.717, 1.165) is 12.5 Å². The van der Waals surface area contributed by atoms with Crippen molar-refractivity contribution in [2.24, 2.45) is 0 Å². The van der Waals surface area contributed by atoms with Crippen molar-refractivity contribution in [2.45, 2.75) is 38.2 Å². The third-order valence-corrected chi connectivity index (χ3v) is 3.96. The minimum atomic E-state index is -4.55. The minimum Gasteiger partial charge on any atom is -0.377 e. The largest absolute Gasteiger partial charge is 0.433 e. The quantitative estimate of drug-likeness (QED) is 0.863. The van der Waals surface area contributed by atoms with E-state index in [0.29, 0.717) is 24.6 Å². The van der Waals surface area contributed by atoms with E-state index in [4.69, 9.17) is 4.74 Å². The molecule has 0 radical (unpaired) electrons. The van der Waals surface area contributed by atoms with Gasteiger partial charge in [-0.3, -0.25) is 0 Å². The van der Waals surface area contributed by atoms with Crippen molar-refractivity contribution >= 4 is 11.8 Å². The molecule has 0 saturated carbocycles. The van der Waals surface area contributed by atoms with Crippen LogP contribution in [0.3, 0.4) is 0 Å². The molecule has 3 heterocycles. The summed E-state index contributed by atoms with van der Waals surface area (Å²) in [7, 11) is 4.80. The van der Waals surface area contributed by atoms with Gasteiger partial charge >= 0.3 is 6.18 Å². The first-order chi connectivity index (χ1) is 12.3. The fourth-order valence-corrected chi connectivity index (χ4v) is 2.76. The van der Waals surface area contributed by atoms with Gasteiger partial charge < -0.3 is 15.0 Å². The molecular formula is C15H20F3N7O. The Morgan fingerprint density at radius 1 is 1.31 bits per heavy atom. The Labute approximate surface area is 148 Å². The standard InChI is InChI=1S/C15H20F3N7O/c1-24(2)12-7-10(15(16,17)18)20-14(22-12)19-9-5-4-6-25-13(9)21-11(23-25)8-26-3/h7,9H,4-6,8H2,1-3H3,(H,19,20,22). The molecule has 2 aromatic rings. The maximum absolute atomic E-state index is 13.1. The van der Waals surface area contributed by atoms with Gasteiger partial charge in [0.1, 0.15) is 18.2 Å². The summed E-state index contributed by atoms with van der Waals surface area (Å²) in [5, 5.41) is 7.33.